The number of amides is 1. The maximum Gasteiger partial charge on any atom is 0.338 e. The molecule has 6 nitrogen and oxygen atoms in total. The molecule has 0 aliphatic rings. The summed E-state index contributed by atoms with van der Waals surface area (Å²) in [5.41, 5.74) is 1.92. The van der Waals surface area contributed by atoms with Crippen molar-refractivity contribution in [3.8, 4) is 5.75 Å². The second kappa shape index (κ2) is 10.7. The molecule has 0 aliphatic heterocycles. The van der Waals surface area contributed by atoms with Crippen molar-refractivity contribution in [1.29, 1.82) is 0 Å². The highest BCUT2D eigenvalue weighted by atomic mass is 35.5. The van der Waals surface area contributed by atoms with Crippen molar-refractivity contribution in [1.82, 2.24) is 5.32 Å². The highest BCUT2D eigenvalue weighted by Crippen LogP contribution is 2.21. The van der Waals surface area contributed by atoms with Crippen molar-refractivity contribution in [2.45, 2.75) is 26.5 Å². The van der Waals surface area contributed by atoms with E-state index in [1.807, 2.05) is 26.0 Å². The summed E-state index contributed by atoms with van der Waals surface area (Å²) in [5, 5.41) is 3.36. The Morgan fingerprint density at radius 3 is 2.64 bits per heavy atom. The lowest BCUT2D eigenvalue weighted by Gasteiger charge is -2.15. The minimum Gasteiger partial charge on any atom is -0.496 e. The van der Waals surface area contributed by atoms with E-state index in [4.69, 9.17) is 25.8 Å². The van der Waals surface area contributed by atoms with Crippen LogP contribution in [0.25, 0.3) is 0 Å². The number of halogens is 1. The summed E-state index contributed by atoms with van der Waals surface area (Å²) in [6, 6.07) is 11.8. The van der Waals surface area contributed by atoms with Crippen LogP contribution in [0.15, 0.2) is 42.5 Å². The van der Waals surface area contributed by atoms with E-state index in [1.54, 1.807) is 37.4 Å². The molecule has 2 rings (SSSR count). The minimum atomic E-state index is -0.592. The summed E-state index contributed by atoms with van der Waals surface area (Å²) in [6.45, 7) is 4.19. The molecule has 0 saturated carbocycles. The molecule has 2 aromatic rings. The fraction of sp³-hybridized carbons (Fsp3) is 0.333. The summed E-state index contributed by atoms with van der Waals surface area (Å²) < 4.78 is 15.8. The van der Waals surface area contributed by atoms with Crippen LogP contribution in [-0.4, -0.2) is 32.2 Å². The second-order valence-electron chi connectivity index (χ2n) is 6.08. The first kappa shape index (κ1) is 21.7. The molecule has 0 spiro atoms. The Labute approximate surface area is 169 Å². The number of hydrogen-bond acceptors (Lipinski definition) is 5. The van der Waals surface area contributed by atoms with E-state index in [1.165, 1.54) is 0 Å². The molecule has 0 heterocycles. The molecule has 150 valence electrons. The van der Waals surface area contributed by atoms with Crippen molar-refractivity contribution in [3.63, 3.8) is 0 Å². The van der Waals surface area contributed by atoms with Crippen LogP contribution >= 0.6 is 11.6 Å². The fourth-order valence-electron chi connectivity index (χ4n) is 2.59. The molecule has 0 bridgehead atoms. The fourth-order valence-corrected chi connectivity index (χ4v) is 2.79. The van der Waals surface area contributed by atoms with Crippen molar-refractivity contribution < 1.29 is 23.8 Å². The van der Waals surface area contributed by atoms with E-state index < -0.39 is 11.9 Å². The Morgan fingerprint density at radius 1 is 1.18 bits per heavy atom. The zero-order valence-corrected chi connectivity index (χ0v) is 16.9. The third-order valence-electron chi connectivity index (χ3n) is 4.04. The predicted octanol–water partition coefficient (Wildman–Crippen LogP) is 3.92. The van der Waals surface area contributed by atoms with E-state index in [2.05, 4.69) is 5.32 Å². The van der Waals surface area contributed by atoms with E-state index in [9.17, 15) is 9.59 Å². The van der Waals surface area contributed by atoms with Gasteiger partial charge in [0.2, 0.25) is 0 Å². The molecular weight excluding hydrogens is 382 g/mol. The standard InChI is InChI=1S/C21H24ClNO5/c1-4-27-12-17-10-16(8-9-19(17)26-3)21(25)28-13-20(24)23-14(2)15-6-5-7-18(22)11-15/h5-11,14H,4,12-13H2,1-3H3,(H,23,24)/t14-/m1/s1. The molecule has 7 heteroatoms. The largest absolute Gasteiger partial charge is 0.496 e. The lowest BCUT2D eigenvalue weighted by molar-refractivity contribution is -0.124. The molecule has 0 saturated heterocycles. The first-order valence-electron chi connectivity index (χ1n) is 8.91. The van der Waals surface area contributed by atoms with Gasteiger partial charge in [0, 0.05) is 17.2 Å². The summed E-state index contributed by atoms with van der Waals surface area (Å²) >= 11 is 5.96. The van der Waals surface area contributed by atoms with Gasteiger partial charge >= 0.3 is 5.97 Å². The van der Waals surface area contributed by atoms with E-state index in [-0.39, 0.29) is 12.6 Å². The maximum absolute atomic E-state index is 12.3. The highest BCUT2D eigenvalue weighted by molar-refractivity contribution is 6.30. The molecule has 1 amide bonds. The number of rotatable bonds is 9. The van der Waals surface area contributed by atoms with Gasteiger partial charge in [-0.3, -0.25) is 4.79 Å². The number of hydrogen-bond donors (Lipinski definition) is 1. The first-order valence-corrected chi connectivity index (χ1v) is 9.29. The predicted molar refractivity (Wildman–Crippen MR) is 107 cm³/mol. The lowest BCUT2D eigenvalue weighted by Crippen LogP contribution is -2.31. The van der Waals surface area contributed by atoms with Gasteiger partial charge in [0.25, 0.3) is 5.91 Å². The Bertz CT molecular complexity index is 824. The summed E-state index contributed by atoms with van der Waals surface area (Å²) in [6.07, 6.45) is 0. The minimum absolute atomic E-state index is 0.260. The summed E-state index contributed by atoms with van der Waals surface area (Å²) in [7, 11) is 1.55. The van der Waals surface area contributed by atoms with Crippen LogP contribution in [0, 0.1) is 0 Å². The topological polar surface area (TPSA) is 73.9 Å². The number of esters is 1. The normalized spacial score (nSPS) is 11.6. The molecule has 0 aromatic heterocycles. The molecule has 0 aliphatic carbocycles. The number of carbonyl (C=O) groups excluding carboxylic acids is 2. The van der Waals surface area contributed by atoms with Crippen LogP contribution in [-0.2, 0) is 20.9 Å². The third-order valence-corrected chi connectivity index (χ3v) is 4.27. The molecule has 1 N–H and O–H groups in total. The first-order chi connectivity index (χ1) is 13.4. The van der Waals surface area contributed by atoms with Crippen molar-refractivity contribution in [3.05, 3.63) is 64.2 Å². The van der Waals surface area contributed by atoms with Crippen molar-refractivity contribution in [2.75, 3.05) is 20.3 Å². The van der Waals surface area contributed by atoms with Gasteiger partial charge in [-0.25, -0.2) is 4.79 Å². The number of benzene rings is 2. The van der Waals surface area contributed by atoms with Crippen LogP contribution in [0.5, 0.6) is 5.75 Å². The van der Waals surface area contributed by atoms with Crippen molar-refractivity contribution >= 4 is 23.5 Å². The van der Waals surface area contributed by atoms with Gasteiger partial charge in [-0.1, -0.05) is 23.7 Å². The monoisotopic (exact) mass is 405 g/mol. The molecule has 0 fully saturated rings. The van der Waals surface area contributed by atoms with Gasteiger partial charge in [0.1, 0.15) is 5.75 Å². The maximum atomic E-state index is 12.3. The van der Waals surface area contributed by atoms with Gasteiger partial charge < -0.3 is 19.5 Å². The molecule has 0 radical (unpaired) electrons. The Kier molecular flexibility index (Phi) is 8.29. The van der Waals surface area contributed by atoms with Crippen LogP contribution in [0.2, 0.25) is 5.02 Å². The lowest BCUT2D eigenvalue weighted by atomic mass is 10.1. The zero-order valence-electron chi connectivity index (χ0n) is 16.2. The van der Waals surface area contributed by atoms with Gasteiger partial charge in [0.05, 0.1) is 25.3 Å². The van der Waals surface area contributed by atoms with E-state index >= 15 is 0 Å². The van der Waals surface area contributed by atoms with Gasteiger partial charge in [-0.05, 0) is 49.7 Å². The second-order valence-corrected chi connectivity index (χ2v) is 6.52. The Balaban J connectivity index is 1.93. The quantitative estimate of drug-likeness (QED) is 0.640. The number of nitrogens with one attached hydrogen (secondary N) is 1. The van der Waals surface area contributed by atoms with E-state index in [0.717, 1.165) is 11.1 Å². The van der Waals surface area contributed by atoms with Gasteiger partial charge in [0.15, 0.2) is 6.61 Å². The highest BCUT2D eigenvalue weighted by Gasteiger charge is 2.15. The van der Waals surface area contributed by atoms with Gasteiger partial charge in [-0.15, -0.1) is 0 Å². The Hall–Kier alpha value is -2.57. The van der Waals surface area contributed by atoms with Crippen LogP contribution < -0.4 is 10.1 Å². The molecular formula is C21H24ClNO5. The molecule has 2 aromatic carbocycles. The van der Waals surface area contributed by atoms with E-state index in [0.29, 0.717) is 29.5 Å². The van der Waals surface area contributed by atoms with Gasteiger partial charge in [-0.2, -0.15) is 0 Å². The van der Waals surface area contributed by atoms with Crippen LogP contribution in [0.1, 0.15) is 41.4 Å². The van der Waals surface area contributed by atoms with Crippen LogP contribution in [0.3, 0.4) is 0 Å². The molecule has 1 atom stereocenters. The Morgan fingerprint density at radius 2 is 1.96 bits per heavy atom. The third kappa shape index (κ3) is 6.25. The summed E-state index contributed by atoms with van der Waals surface area (Å²) in [4.78, 5) is 24.4. The zero-order chi connectivity index (χ0) is 20.5. The molecule has 28 heavy (non-hydrogen) atoms. The molecule has 0 unspecified atom stereocenters. The van der Waals surface area contributed by atoms with Crippen molar-refractivity contribution in [2.24, 2.45) is 0 Å². The number of ether oxygens (including phenoxy) is 3. The number of carbonyl (C=O) groups is 2. The number of methoxy groups -OCH3 is 1. The SMILES string of the molecule is CCOCc1cc(C(=O)OCC(=O)N[C@H](C)c2cccc(Cl)c2)ccc1OC. The smallest absolute Gasteiger partial charge is 0.338 e. The summed E-state index contributed by atoms with van der Waals surface area (Å²) in [5.74, 6) is -0.368. The van der Waals surface area contributed by atoms with Crippen LogP contribution in [0.4, 0.5) is 0 Å². The average molecular weight is 406 g/mol. The average Bonchev–Trinajstić information content (AvgIpc) is 2.70.